The van der Waals surface area contributed by atoms with Gasteiger partial charge in [-0.2, -0.15) is 13.2 Å². The van der Waals surface area contributed by atoms with E-state index < -0.39 is 42.7 Å². The van der Waals surface area contributed by atoms with Crippen LogP contribution in [0.1, 0.15) is 42.7 Å². The number of alkyl halides is 3. The Labute approximate surface area is 199 Å². The molecular weight excluding hydrogens is 465 g/mol. The molecule has 2 aliphatic rings. The van der Waals surface area contributed by atoms with E-state index in [1.807, 2.05) is 48.5 Å². The number of nitrogens with zero attached hydrogens (tertiary/aromatic N) is 1. The molecule has 1 aliphatic heterocycles. The number of amides is 2. The zero-order valence-corrected chi connectivity index (χ0v) is 18.8. The molecular formula is C25H25F3N2O5. The summed E-state index contributed by atoms with van der Waals surface area (Å²) in [6, 6.07) is 12.0. The van der Waals surface area contributed by atoms with E-state index >= 15 is 0 Å². The van der Waals surface area contributed by atoms with Gasteiger partial charge in [0.15, 0.2) is 0 Å². The van der Waals surface area contributed by atoms with Crippen LogP contribution in [-0.4, -0.2) is 59.4 Å². The van der Waals surface area contributed by atoms with E-state index in [1.165, 1.54) is 0 Å². The van der Waals surface area contributed by atoms with Crippen LogP contribution in [0.2, 0.25) is 0 Å². The summed E-state index contributed by atoms with van der Waals surface area (Å²) in [4.78, 5) is 37.1. The average Bonchev–Trinajstić information content (AvgIpc) is 3.38. The van der Waals surface area contributed by atoms with E-state index in [2.05, 4.69) is 0 Å². The maximum atomic E-state index is 13.6. The molecule has 2 amide bonds. The summed E-state index contributed by atoms with van der Waals surface area (Å²) in [6.07, 6.45) is -6.59. The highest BCUT2D eigenvalue weighted by atomic mass is 19.4. The first-order valence-electron chi connectivity index (χ1n) is 11.3. The normalized spacial score (nSPS) is 18.0. The molecule has 186 valence electrons. The number of halogens is 3. The highest BCUT2D eigenvalue weighted by Gasteiger charge is 2.44. The molecule has 0 bridgehead atoms. The number of alkyl carbamates (subject to hydrolysis) is 1. The van der Waals surface area contributed by atoms with Gasteiger partial charge in [0.1, 0.15) is 12.6 Å². The molecule has 2 N–H and O–H groups in total. The molecule has 0 aromatic heterocycles. The molecule has 2 atom stereocenters. The van der Waals surface area contributed by atoms with Crippen molar-refractivity contribution in [1.82, 2.24) is 10.2 Å². The van der Waals surface area contributed by atoms with Crippen LogP contribution in [0.3, 0.4) is 0 Å². The van der Waals surface area contributed by atoms with Gasteiger partial charge in [0, 0.05) is 18.5 Å². The van der Waals surface area contributed by atoms with Crippen LogP contribution in [0.25, 0.3) is 11.1 Å². The smallest absolute Gasteiger partial charge is 0.409 e. The molecule has 1 heterocycles. The molecule has 1 saturated heterocycles. The fourth-order valence-electron chi connectivity index (χ4n) is 4.90. The van der Waals surface area contributed by atoms with Crippen molar-refractivity contribution in [2.45, 2.75) is 49.9 Å². The predicted molar refractivity (Wildman–Crippen MR) is 120 cm³/mol. The first-order chi connectivity index (χ1) is 16.6. The minimum absolute atomic E-state index is 0.162. The number of carboxylic acids is 1. The van der Waals surface area contributed by atoms with Gasteiger partial charge in [0.05, 0.1) is 12.8 Å². The number of fused-ring (bicyclic) bond motifs is 3. The Morgan fingerprint density at radius 2 is 1.66 bits per heavy atom. The number of carbonyl (C=O) groups excluding carboxylic acids is 2. The fourth-order valence-corrected chi connectivity index (χ4v) is 4.90. The molecule has 1 aliphatic carbocycles. The Morgan fingerprint density at radius 3 is 2.23 bits per heavy atom. The lowest BCUT2D eigenvalue weighted by Crippen LogP contribution is -2.49. The van der Waals surface area contributed by atoms with Gasteiger partial charge in [-0.1, -0.05) is 48.5 Å². The summed E-state index contributed by atoms with van der Waals surface area (Å²) in [6.45, 7) is 0.0253. The second-order valence-electron chi connectivity index (χ2n) is 8.75. The average molecular weight is 490 g/mol. The summed E-state index contributed by atoms with van der Waals surface area (Å²) in [5, 5.41) is 10.8. The number of hydrogen-bond donors (Lipinski definition) is 2. The zero-order valence-electron chi connectivity index (χ0n) is 18.8. The summed E-state index contributed by atoms with van der Waals surface area (Å²) < 4.78 is 46.1. The summed E-state index contributed by atoms with van der Waals surface area (Å²) in [5.74, 6) is -2.30. The SMILES string of the molecule is O=C(O)CC1CCCN1C(=O)CC(NC(=O)OCC1c2ccccc2-c2ccccc21)C(F)(F)F. The Hall–Kier alpha value is -3.56. The summed E-state index contributed by atoms with van der Waals surface area (Å²) in [5.41, 5.74) is 3.81. The standard InChI is InChI=1S/C25H25F3N2O5/c26-25(27,28)21(13-22(31)30-11-5-6-15(30)12-23(32)33)29-24(34)35-14-20-18-9-3-1-7-16(18)17-8-2-4-10-19(17)20/h1-4,7-10,15,20-21H,5-6,11-14H2,(H,29,34)(H,32,33). The number of carboxylic acid groups (broad SMARTS) is 1. The van der Waals surface area contributed by atoms with E-state index in [-0.39, 0.29) is 25.5 Å². The third-order valence-corrected chi connectivity index (χ3v) is 6.52. The number of ether oxygens (including phenoxy) is 1. The van der Waals surface area contributed by atoms with Gasteiger partial charge in [-0.15, -0.1) is 0 Å². The molecule has 0 radical (unpaired) electrons. The monoisotopic (exact) mass is 490 g/mol. The van der Waals surface area contributed by atoms with Crippen molar-refractivity contribution in [3.8, 4) is 11.1 Å². The first kappa shape index (κ1) is 24.6. The van der Waals surface area contributed by atoms with Gasteiger partial charge in [0.25, 0.3) is 0 Å². The van der Waals surface area contributed by atoms with E-state index in [4.69, 9.17) is 9.84 Å². The number of rotatable bonds is 7. The lowest BCUT2D eigenvalue weighted by Gasteiger charge is -2.27. The van der Waals surface area contributed by atoms with Crippen molar-refractivity contribution < 1.29 is 37.4 Å². The number of benzene rings is 2. The van der Waals surface area contributed by atoms with Crippen molar-refractivity contribution in [3.05, 3.63) is 59.7 Å². The quantitative estimate of drug-likeness (QED) is 0.603. The van der Waals surface area contributed by atoms with Crippen molar-refractivity contribution in [3.63, 3.8) is 0 Å². The van der Waals surface area contributed by atoms with Crippen LogP contribution >= 0.6 is 0 Å². The molecule has 2 aromatic carbocycles. The summed E-state index contributed by atoms with van der Waals surface area (Å²) >= 11 is 0. The van der Waals surface area contributed by atoms with Crippen LogP contribution < -0.4 is 5.32 Å². The molecule has 1 fully saturated rings. The second-order valence-corrected chi connectivity index (χ2v) is 8.75. The topological polar surface area (TPSA) is 95.9 Å². The Morgan fingerprint density at radius 1 is 1.06 bits per heavy atom. The lowest BCUT2D eigenvalue weighted by atomic mass is 9.98. The van der Waals surface area contributed by atoms with Crippen LogP contribution in [0.5, 0.6) is 0 Å². The Bertz CT molecular complexity index is 1070. The largest absolute Gasteiger partial charge is 0.481 e. The number of likely N-dealkylation sites (tertiary alicyclic amines) is 1. The van der Waals surface area contributed by atoms with Gasteiger partial charge >= 0.3 is 18.2 Å². The molecule has 4 rings (SSSR count). The van der Waals surface area contributed by atoms with Crippen molar-refractivity contribution >= 4 is 18.0 Å². The minimum atomic E-state index is -4.89. The Balaban J connectivity index is 1.40. The lowest BCUT2D eigenvalue weighted by molar-refractivity contribution is -0.164. The number of nitrogens with one attached hydrogen (secondary N) is 1. The molecule has 10 heteroatoms. The maximum absolute atomic E-state index is 13.6. The molecule has 35 heavy (non-hydrogen) atoms. The highest BCUT2D eigenvalue weighted by molar-refractivity contribution is 5.80. The van der Waals surface area contributed by atoms with E-state index in [0.29, 0.717) is 12.8 Å². The number of hydrogen-bond acceptors (Lipinski definition) is 4. The maximum Gasteiger partial charge on any atom is 0.409 e. The first-order valence-corrected chi connectivity index (χ1v) is 11.3. The number of aliphatic carboxylic acids is 1. The van der Waals surface area contributed by atoms with Gasteiger partial charge in [0.2, 0.25) is 5.91 Å². The van der Waals surface area contributed by atoms with Gasteiger partial charge < -0.3 is 20.1 Å². The Kier molecular flexibility index (Phi) is 7.00. The molecule has 2 unspecified atom stereocenters. The number of carbonyl (C=O) groups is 3. The predicted octanol–water partition coefficient (Wildman–Crippen LogP) is 4.31. The van der Waals surface area contributed by atoms with Crippen molar-refractivity contribution in [1.29, 1.82) is 0 Å². The zero-order chi connectivity index (χ0) is 25.2. The van der Waals surface area contributed by atoms with E-state index in [1.54, 1.807) is 5.32 Å². The van der Waals surface area contributed by atoms with Crippen LogP contribution in [-0.2, 0) is 14.3 Å². The van der Waals surface area contributed by atoms with Crippen LogP contribution in [0.4, 0.5) is 18.0 Å². The third kappa shape index (κ3) is 5.41. The van der Waals surface area contributed by atoms with Gasteiger partial charge in [-0.05, 0) is 35.1 Å². The highest BCUT2D eigenvalue weighted by Crippen LogP contribution is 2.44. The van der Waals surface area contributed by atoms with Crippen LogP contribution in [0.15, 0.2) is 48.5 Å². The second kappa shape index (κ2) is 9.97. The third-order valence-electron chi connectivity index (χ3n) is 6.52. The van der Waals surface area contributed by atoms with Gasteiger partial charge in [-0.3, -0.25) is 9.59 Å². The fraction of sp³-hybridized carbons (Fsp3) is 0.400. The van der Waals surface area contributed by atoms with E-state index in [0.717, 1.165) is 27.2 Å². The molecule has 0 saturated carbocycles. The van der Waals surface area contributed by atoms with Crippen LogP contribution in [0, 0.1) is 0 Å². The van der Waals surface area contributed by atoms with Crippen molar-refractivity contribution in [2.75, 3.05) is 13.2 Å². The van der Waals surface area contributed by atoms with E-state index in [9.17, 15) is 27.6 Å². The molecule has 0 spiro atoms. The molecule has 7 nitrogen and oxygen atoms in total. The molecule has 2 aromatic rings. The summed E-state index contributed by atoms with van der Waals surface area (Å²) in [7, 11) is 0. The minimum Gasteiger partial charge on any atom is -0.481 e. The van der Waals surface area contributed by atoms with Crippen molar-refractivity contribution in [2.24, 2.45) is 0 Å². The van der Waals surface area contributed by atoms with Gasteiger partial charge in [-0.25, -0.2) is 4.79 Å².